The molecule has 2 aromatic rings. The lowest BCUT2D eigenvalue weighted by atomic mass is 10.00. The van der Waals surface area contributed by atoms with E-state index >= 15 is 0 Å². The number of benzene rings is 2. The summed E-state index contributed by atoms with van der Waals surface area (Å²) in [7, 11) is 0. The lowest BCUT2D eigenvalue weighted by Crippen LogP contribution is -2.19. The van der Waals surface area contributed by atoms with Gasteiger partial charge in [-0.3, -0.25) is 4.79 Å². The molecular formula is C18H18N2OS. The predicted octanol–water partition coefficient (Wildman–Crippen LogP) is 4.62. The number of nitriles is 1. The molecule has 0 radical (unpaired) electrons. The Balaban J connectivity index is 2.19. The molecule has 1 amide bonds. The van der Waals surface area contributed by atoms with Gasteiger partial charge in [0, 0.05) is 10.6 Å². The summed E-state index contributed by atoms with van der Waals surface area (Å²) in [6.45, 7) is 5.77. The van der Waals surface area contributed by atoms with E-state index in [4.69, 9.17) is 5.26 Å². The van der Waals surface area contributed by atoms with E-state index in [0.717, 1.165) is 39.0 Å². The molecule has 0 bridgehead atoms. The highest BCUT2D eigenvalue weighted by molar-refractivity contribution is 8.03. The first-order chi connectivity index (χ1) is 10.5. The van der Waals surface area contributed by atoms with Crippen LogP contribution < -0.4 is 5.32 Å². The third-order valence-electron chi connectivity index (χ3n) is 3.63. The molecule has 0 unspecified atom stereocenters. The van der Waals surface area contributed by atoms with Gasteiger partial charge >= 0.3 is 0 Å². The fourth-order valence-electron chi connectivity index (χ4n) is 2.22. The third-order valence-corrected chi connectivity index (χ3v) is 4.38. The highest BCUT2D eigenvalue weighted by Gasteiger charge is 2.16. The Kier molecular flexibility index (Phi) is 5.24. The predicted molar refractivity (Wildman–Crippen MR) is 90.9 cm³/mol. The number of nitrogens with zero attached hydrogens (tertiary/aromatic N) is 1. The molecule has 4 heteroatoms. The second kappa shape index (κ2) is 7.15. The van der Waals surface area contributed by atoms with Crippen LogP contribution in [-0.2, 0) is 4.79 Å². The average molecular weight is 310 g/mol. The van der Waals surface area contributed by atoms with E-state index in [1.807, 2.05) is 63.2 Å². The Morgan fingerprint density at radius 3 is 2.50 bits per heavy atom. The Morgan fingerprint density at radius 1 is 1.18 bits per heavy atom. The van der Waals surface area contributed by atoms with E-state index < -0.39 is 0 Å². The smallest absolute Gasteiger partial charge is 0.231 e. The van der Waals surface area contributed by atoms with Crippen LogP contribution in [0.1, 0.15) is 29.5 Å². The van der Waals surface area contributed by atoms with Gasteiger partial charge in [0.05, 0.1) is 5.92 Å². The zero-order valence-corrected chi connectivity index (χ0v) is 13.7. The van der Waals surface area contributed by atoms with Gasteiger partial charge < -0.3 is 5.32 Å². The zero-order valence-electron chi connectivity index (χ0n) is 12.9. The van der Waals surface area contributed by atoms with Gasteiger partial charge in [-0.15, -0.1) is 0 Å². The fourth-order valence-corrected chi connectivity index (χ4v) is 2.77. The molecule has 0 fully saturated rings. The van der Waals surface area contributed by atoms with Crippen LogP contribution in [0.15, 0.2) is 47.4 Å². The number of hydrogen-bond acceptors (Lipinski definition) is 3. The summed E-state index contributed by atoms with van der Waals surface area (Å²) < 4.78 is 0. The normalized spacial score (nSPS) is 11.5. The highest BCUT2D eigenvalue weighted by Crippen LogP contribution is 2.28. The van der Waals surface area contributed by atoms with E-state index in [0.29, 0.717) is 0 Å². The summed E-state index contributed by atoms with van der Waals surface area (Å²) in [4.78, 5) is 13.3. The van der Waals surface area contributed by atoms with E-state index in [2.05, 4.69) is 10.7 Å². The number of aryl methyl sites for hydroxylation is 2. The topological polar surface area (TPSA) is 52.9 Å². The van der Waals surface area contributed by atoms with Crippen molar-refractivity contribution in [3.63, 3.8) is 0 Å². The Labute approximate surface area is 135 Å². The van der Waals surface area contributed by atoms with E-state index in [1.165, 1.54) is 0 Å². The van der Waals surface area contributed by atoms with Gasteiger partial charge in [0.25, 0.3) is 0 Å². The molecular weight excluding hydrogens is 292 g/mol. The van der Waals surface area contributed by atoms with Gasteiger partial charge in [-0.25, -0.2) is 0 Å². The summed E-state index contributed by atoms with van der Waals surface area (Å²) >= 11 is 1.14. The monoisotopic (exact) mass is 310 g/mol. The van der Waals surface area contributed by atoms with Crippen LogP contribution in [0.2, 0.25) is 0 Å². The van der Waals surface area contributed by atoms with Gasteiger partial charge in [-0.1, -0.05) is 30.3 Å². The molecule has 1 atom stereocenters. The molecule has 22 heavy (non-hydrogen) atoms. The third kappa shape index (κ3) is 3.69. The number of carbonyl (C=O) groups is 1. The minimum atomic E-state index is -0.214. The maximum atomic E-state index is 12.4. The molecule has 2 rings (SSSR count). The molecule has 0 aromatic heterocycles. The summed E-state index contributed by atoms with van der Waals surface area (Å²) in [6.07, 6.45) is 0. The maximum absolute atomic E-state index is 12.4. The highest BCUT2D eigenvalue weighted by atomic mass is 32.2. The van der Waals surface area contributed by atoms with Crippen molar-refractivity contribution in [1.29, 1.82) is 5.26 Å². The number of anilines is 1. The molecule has 0 aliphatic heterocycles. The quantitative estimate of drug-likeness (QED) is 0.662. The molecule has 0 saturated heterocycles. The Morgan fingerprint density at radius 2 is 1.86 bits per heavy atom. The van der Waals surface area contributed by atoms with Crippen molar-refractivity contribution in [3.05, 3.63) is 59.2 Å². The molecule has 0 aliphatic rings. The van der Waals surface area contributed by atoms with Gasteiger partial charge in [-0.05, 0) is 61.4 Å². The van der Waals surface area contributed by atoms with Crippen LogP contribution in [0.3, 0.4) is 0 Å². The van der Waals surface area contributed by atoms with Gasteiger partial charge in [-0.2, -0.15) is 5.26 Å². The summed E-state index contributed by atoms with van der Waals surface area (Å²) in [5.74, 6) is -0.247. The number of thioether (sulfide) groups is 1. The molecule has 1 N–H and O–H groups in total. The van der Waals surface area contributed by atoms with E-state index in [9.17, 15) is 4.79 Å². The van der Waals surface area contributed by atoms with Crippen LogP contribution in [0.25, 0.3) is 0 Å². The molecule has 0 spiro atoms. The minimum Gasteiger partial charge on any atom is -0.325 e. The minimum absolute atomic E-state index is 0.0330. The van der Waals surface area contributed by atoms with E-state index in [1.54, 1.807) is 0 Å². The van der Waals surface area contributed by atoms with Crippen molar-refractivity contribution in [1.82, 2.24) is 0 Å². The number of nitrogens with one attached hydrogen (secondary N) is 1. The molecule has 0 aliphatic carbocycles. The fraction of sp³-hybridized carbons (Fsp3) is 0.222. The number of rotatable bonds is 4. The molecule has 3 nitrogen and oxygen atoms in total. The van der Waals surface area contributed by atoms with Crippen molar-refractivity contribution in [2.75, 3.05) is 5.32 Å². The summed E-state index contributed by atoms with van der Waals surface area (Å²) in [6, 6.07) is 13.6. The van der Waals surface area contributed by atoms with Crippen LogP contribution in [0, 0.1) is 24.5 Å². The molecule has 2 aromatic carbocycles. The first-order valence-corrected chi connectivity index (χ1v) is 7.87. The van der Waals surface area contributed by atoms with Gasteiger partial charge in [0.15, 0.2) is 0 Å². The standard InChI is InChI=1S/C18H18N2OS/c1-12-10-17(22-11-19)13(2)9-16(12)20-18(21)14(3)15-7-5-4-6-8-15/h4-10,14H,1-3H3,(H,20,21)/t14-/m0/s1. The largest absolute Gasteiger partial charge is 0.325 e. The first-order valence-electron chi connectivity index (χ1n) is 7.06. The zero-order chi connectivity index (χ0) is 16.1. The SMILES string of the molecule is Cc1cc(SC#N)c(C)cc1NC(=O)[C@@H](C)c1ccccc1. The van der Waals surface area contributed by atoms with Crippen molar-refractivity contribution in [2.45, 2.75) is 31.6 Å². The van der Waals surface area contributed by atoms with Gasteiger partial charge in [0.1, 0.15) is 5.40 Å². The van der Waals surface area contributed by atoms with Crippen LogP contribution in [0.5, 0.6) is 0 Å². The van der Waals surface area contributed by atoms with Crippen molar-refractivity contribution < 1.29 is 4.79 Å². The lowest BCUT2D eigenvalue weighted by Gasteiger charge is -2.15. The number of carbonyl (C=O) groups excluding carboxylic acids is 1. The van der Waals surface area contributed by atoms with Crippen LogP contribution in [-0.4, -0.2) is 5.91 Å². The number of hydrogen-bond donors (Lipinski definition) is 1. The van der Waals surface area contributed by atoms with E-state index in [-0.39, 0.29) is 11.8 Å². The van der Waals surface area contributed by atoms with Crippen molar-refractivity contribution in [3.8, 4) is 5.40 Å². The Hall–Kier alpha value is -2.25. The van der Waals surface area contributed by atoms with Crippen molar-refractivity contribution >= 4 is 23.4 Å². The average Bonchev–Trinajstić information content (AvgIpc) is 2.52. The van der Waals surface area contributed by atoms with Crippen molar-refractivity contribution in [2.24, 2.45) is 0 Å². The molecule has 0 saturated carbocycles. The summed E-state index contributed by atoms with van der Waals surface area (Å²) in [5, 5.41) is 13.9. The first kappa shape index (κ1) is 16.1. The van der Waals surface area contributed by atoms with Crippen LogP contribution in [0.4, 0.5) is 5.69 Å². The molecule has 0 heterocycles. The molecule has 112 valence electrons. The Bertz CT molecular complexity index is 720. The second-order valence-electron chi connectivity index (χ2n) is 5.25. The summed E-state index contributed by atoms with van der Waals surface area (Å²) in [5.41, 5.74) is 3.73. The lowest BCUT2D eigenvalue weighted by molar-refractivity contribution is -0.117. The number of amides is 1. The number of thiocyanates is 1. The van der Waals surface area contributed by atoms with Gasteiger partial charge in [0.2, 0.25) is 5.91 Å². The second-order valence-corrected chi connectivity index (χ2v) is 6.07. The van der Waals surface area contributed by atoms with Crippen LogP contribution >= 0.6 is 11.8 Å². The maximum Gasteiger partial charge on any atom is 0.231 e.